The molecule has 2 heterocycles. The maximum absolute atomic E-state index is 12.7. The van der Waals surface area contributed by atoms with Gasteiger partial charge < -0.3 is 28.8 Å². The Balaban J connectivity index is 1.40. The highest BCUT2D eigenvalue weighted by Gasteiger charge is 2.51. The van der Waals surface area contributed by atoms with Crippen LogP contribution >= 0.6 is 0 Å². The Morgan fingerprint density at radius 3 is 2.06 bits per heavy atom. The summed E-state index contributed by atoms with van der Waals surface area (Å²) in [6.45, 7) is 3.01. The number of carbonyl (C=O) groups excluding carboxylic acids is 3. The van der Waals surface area contributed by atoms with E-state index in [9.17, 15) is 19.5 Å². The molecular formula is C23H22O9. The van der Waals surface area contributed by atoms with Crippen LogP contribution in [0.25, 0.3) is 0 Å². The van der Waals surface area contributed by atoms with Crippen molar-refractivity contribution in [2.45, 2.75) is 38.3 Å². The van der Waals surface area contributed by atoms with E-state index >= 15 is 0 Å². The van der Waals surface area contributed by atoms with Crippen molar-refractivity contribution >= 4 is 17.9 Å². The average molecular weight is 442 g/mol. The molecular weight excluding hydrogens is 420 g/mol. The molecule has 168 valence electrons. The maximum atomic E-state index is 12.7. The molecule has 2 fully saturated rings. The highest BCUT2D eigenvalue weighted by atomic mass is 16.7. The Bertz CT molecular complexity index is 1050. The summed E-state index contributed by atoms with van der Waals surface area (Å²) in [7, 11) is 0. The molecule has 0 aromatic heterocycles. The first kappa shape index (κ1) is 21.8. The minimum Gasteiger partial charge on any atom is -0.508 e. The number of carbonyl (C=O) groups is 3. The molecule has 0 saturated carbocycles. The van der Waals surface area contributed by atoms with Gasteiger partial charge in [0.1, 0.15) is 29.3 Å². The monoisotopic (exact) mass is 442 g/mol. The lowest BCUT2D eigenvalue weighted by atomic mass is 10.1. The Morgan fingerprint density at radius 2 is 1.44 bits per heavy atom. The van der Waals surface area contributed by atoms with Crippen LogP contribution in [0, 0.1) is 6.92 Å². The summed E-state index contributed by atoms with van der Waals surface area (Å²) in [5.41, 5.74) is 0.765. The van der Waals surface area contributed by atoms with Gasteiger partial charge in [0.05, 0.1) is 18.8 Å². The van der Waals surface area contributed by atoms with Crippen molar-refractivity contribution < 1.29 is 43.2 Å². The summed E-state index contributed by atoms with van der Waals surface area (Å²) in [4.78, 5) is 36.5. The van der Waals surface area contributed by atoms with Gasteiger partial charge >= 0.3 is 17.9 Å². The summed E-state index contributed by atoms with van der Waals surface area (Å²) in [6.07, 6.45) is -2.61. The third kappa shape index (κ3) is 4.30. The van der Waals surface area contributed by atoms with Crippen molar-refractivity contribution in [2.24, 2.45) is 0 Å². The van der Waals surface area contributed by atoms with E-state index in [0.29, 0.717) is 5.56 Å². The SMILES string of the molecule is CC(=O)Oc1ccccc1C(=O)O[C@H]1CO[C@H]2[C@@H]1OC[C@H]2OC(=O)c1cccc(O)c1C. The lowest BCUT2D eigenvalue weighted by Gasteiger charge is -2.18. The molecule has 9 nitrogen and oxygen atoms in total. The van der Waals surface area contributed by atoms with Gasteiger partial charge in [0.2, 0.25) is 0 Å². The van der Waals surface area contributed by atoms with Crippen LogP contribution in [-0.4, -0.2) is 60.6 Å². The standard InChI is InChI=1S/C23H22O9/c1-12-14(7-5-8-16(12)25)22(26)31-18-10-28-21-19(11-29-20(18)21)32-23(27)15-6-3-4-9-17(15)30-13(2)24/h3-9,18-21,25H,10-11H2,1-2H3/t18-,19+,20-,21-/m1/s1. The van der Waals surface area contributed by atoms with Crippen LogP contribution in [0.5, 0.6) is 11.5 Å². The van der Waals surface area contributed by atoms with Crippen molar-refractivity contribution in [1.29, 1.82) is 0 Å². The minimum atomic E-state index is -0.718. The van der Waals surface area contributed by atoms with E-state index in [4.69, 9.17) is 23.7 Å². The number of hydrogen-bond acceptors (Lipinski definition) is 9. The number of esters is 3. The molecule has 0 radical (unpaired) electrons. The van der Waals surface area contributed by atoms with Crippen LogP contribution in [0.3, 0.4) is 0 Å². The number of rotatable bonds is 5. The van der Waals surface area contributed by atoms with Crippen LogP contribution in [0.2, 0.25) is 0 Å². The molecule has 4 atom stereocenters. The van der Waals surface area contributed by atoms with Crippen molar-refractivity contribution in [3.8, 4) is 11.5 Å². The molecule has 2 saturated heterocycles. The van der Waals surface area contributed by atoms with Crippen LogP contribution < -0.4 is 4.74 Å². The van der Waals surface area contributed by atoms with E-state index in [1.165, 1.54) is 25.1 Å². The van der Waals surface area contributed by atoms with Crippen molar-refractivity contribution in [3.05, 3.63) is 59.2 Å². The predicted molar refractivity (Wildman–Crippen MR) is 108 cm³/mol. The summed E-state index contributed by atoms with van der Waals surface area (Å²) >= 11 is 0. The summed E-state index contributed by atoms with van der Waals surface area (Å²) < 4.78 is 27.6. The molecule has 0 bridgehead atoms. The molecule has 2 aliphatic rings. The first-order chi connectivity index (χ1) is 15.3. The lowest BCUT2D eigenvalue weighted by Crippen LogP contribution is -2.36. The van der Waals surface area contributed by atoms with E-state index in [2.05, 4.69) is 0 Å². The Morgan fingerprint density at radius 1 is 0.875 bits per heavy atom. The molecule has 4 rings (SSSR count). The van der Waals surface area contributed by atoms with Crippen LogP contribution in [0.4, 0.5) is 0 Å². The van der Waals surface area contributed by atoms with Gasteiger partial charge in [-0.15, -0.1) is 0 Å². The normalized spacial score (nSPS) is 23.9. The van der Waals surface area contributed by atoms with Crippen molar-refractivity contribution in [1.82, 2.24) is 0 Å². The molecule has 2 aliphatic heterocycles. The number of para-hydroxylation sites is 1. The smallest absolute Gasteiger partial charge is 0.342 e. The Hall–Kier alpha value is -3.43. The first-order valence-electron chi connectivity index (χ1n) is 10.1. The first-order valence-corrected chi connectivity index (χ1v) is 10.1. The third-order valence-electron chi connectivity index (χ3n) is 5.37. The fourth-order valence-corrected chi connectivity index (χ4v) is 3.76. The van der Waals surface area contributed by atoms with Crippen LogP contribution in [0.1, 0.15) is 33.2 Å². The van der Waals surface area contributed by atoms with Crippen LogP contribution in [-0.2, 0) is 23.7 Å². The molecule has 0 spiro atoms. The van der Waals surface area contributed by atoms with Gasteiger partial charge in [-0.2, -0.15) is 0 Å². The topological polar surface area (TPSA) is 118 Å². The van der Waals surface area contributed by atoms with Gasteiger partial charge in [-0.05, 0) is 31.2 Å². The lowest BCUT2D eigenvalue weighted by molar-refractivity contribution is -0.131. The molecule has 0 amide bonds. The van der Waals surface area contributed by atoms with Gasteiger partial charge in [-0.25, -0.2) is 9.59 Å². The minimum absolute atomic E-state index is 0.00174. The molecule has 1 N–H and O–H groups in total. The highest BCUT2D eigenvalue weighted by Crippen LogP contribution is 2.32. The second-order valence-electron chi connectivity index (χ2n) is 7.52. The van der Waals surface area contributed by atoms with Crippen LogP contribution in [0.15, 0.2) is 42.5 Å². The maximum Gasteiger partial charge on any atom is 0.342 e. The number of phenols is 1. The summed E-state index contributed by atoms with van der Waals surface area (Å²) in [5, 5.41) is 9.81. The van der Waals surface area contributed by atoms with E-state index in [1.54, 1.807) is 31.2 Å². The number of phenolic OH excluding ortho intramolecular Hbond substituents is 1. The predicted octanol–water partition coefficient (Wildman–Crippen LogP) is 2.17. The summed E-state index contributed by atoms with van der Waals surface area (Å²) in [6, 6.07) is 10.9. The molecule has 2 aromatic carbocycles. The second-order valence-corrected chi connectivity index (χ2v) is 7.52. The number of benzene rings is 2. The molecule has 0 aliphatic carbocycles. The number of ether oxygens (including phenoxy) is 5. The van der Waals surface area contributed by atoms with E-state index < -0.39 is 42.3 Å². The quantitative estimate of drug-likeness (QED) is 0.549. The number of hydrogen-bond donors (Lipinski definition) is 1. The zero-order chi connectivity index (χ0) is 22.8. The number of aromatic hydroxyl groups is 1. The highest BCUT2D eigenvalue weighted by molar-refractivity contribution is 5.93. The third-order valence-corrected chi connectivity index (χ3v) is 5.37. The Kier molecular flexibility index (Phi) is 6.11. The van der Waals surface area contributed by atoms with E-state index in [0.717, 1.165) is 0 Å². The fraction of sp³-hybridized carbons (Fsp3) is 0.348. The van der Waals surface area contributed by atoms with E-state index in [1.807, 2.05) is 0 Å². The van der Waals surface area contributed by atoms with Crippen molar-refractivity contribution in [3.63, 3.8) is 0 Å². The van der Waals surface area contributed by atoms with Crippen molar-refractivity contribution in [2.75, 3.05) is 13.2 Å². The molecule has 32 heavy (non-hydrogen) atoms. The Labute approximate surface area is 183 Å². The average Bonchev–Trinajstić information content (AvgIpc) is 3.33. The second kappa shape index (κ2) is 8.97. The fourth-order valence-electron chi connectivity index (χ4n) is 3.76. The zero-order valence-electron chi connectivity index (χ0n) is 17.5. The number of fused-ring (bicyclic) bond motifs is 1. The van der Waals surface area contributed by atoms with E-state index in [-0.39, 0.29) is 35.8 Å². The zero-order valence-corrected chi connectivity index (χ0v) is 17.5. The van der Waals surface area contributed by atoms with Gasteiger partial charge in [0.25, 0.3) is 0 Å². The largest absolute Gasteiger partial charge is 0.508 e. The van der Waals surface area contributed by atoms with Gasteiger partial charge in [-0.1, -0.05) is 18.2 Å². The summed E-state index contributed by atoms with van der Waals surface area (Å²) in [5.74, 6) is -1.75. The van der Waals surface area contributed by atoms with Gasteiger partial charge in [0.15, 0.2) is 12.2 Å². The van der Waals surface area contributed by atoms with Gasteiger partial charge in [0, 0.05) is 12.5 Å². The molecule has 2 aromatic rings. The van der Waals surface area contributed by atoms with Gasteiger partial charge in [-0.3, -0.25) is 4.79 Å². The molecule has 0 unspecified atom stereocenters. The molecule has 9 heteroatoms.